The van der Waals surface area contributed by atoms with Gasteiger partial charge in [0.25, 0.3) is 6.01 Å². The van der Waals surface area contributed by atoms with E-state index in [4.69, 9.17) is 14.2 Å². The third kappa shape index (κ3) is 5.58. The smallest absolute Gasteiger partial charge is 0.297 e. The topological polar surface area (TPSA) is 98.4 Å². The first kappa shape index (κ1) is 24.2. The highest BCUT2D eigenvalue weighted by Gasteiger charge is 2.29. The lowest BCUT2D eigenvalue weighted by molar-refractivity contribution is -0.120. The minimum absolute atomic E-state index is 0.000861. The Morgan fingerprint density at radius 2 is 1.88 bits per heavy atom. The molecule has 0 aliphatic heterocycles. The number of aromatic nitrogens is 2. The average Bonchev–Trinajstić information content (AvgIpc) is 3.57. The van der Waals surface area contributed by atoms with Crippen molar-refractivity contribution in [1.82, 2.24) is 14.9 Å². The van der Waals surface area contributed by atoms with E-state index in [-0.39, 0.29) is 71.6 Å². The first-order valence-electron chi connectivity index (χ1n) is 11.8. The number of carbonyl (C=O) groups is 1. The number of hydrogen-bond acceptors (Lipinski definition) is 6. The number of nitriles is 1. The Bertz CT molecular complexity index is 1070. The highest BCUT2D eigenvalue weighted by molar-refractivity contribution is 5.85. The maximum Gasteiger partial charge on any atom is 0.297 e. The zero-order valence-electron chi connectivity index (χ0n) is 19.5. The molecule has 1 aromatic carbocycles. The molecule has 2 fully saturated rings. The Morgan fingerprint density at radius 1 is 1.24 bits per heavy atom. The van der Waals surface area contributed by atoms with Crippen LogP contribution >= 0.6 is 0 Å². The molecule has 1 N–H and O–H groups in total. The molecule has 1 heterocycles. The predicted octanol–water partition coefficient (Wildman–Crippen LogP) is 3.70. The standard InChI is InChI=1S/C24H30F2N4O4/c1-14(31)28-16(9-10-25)13-32-17-3-5-19(6-4-17)34-24-29-22-15(12-27)11-20(33-18-7-8-18)21(26)23(22)30(24)2/h11,16-19H,3-10,13H2,1-2H3,(H,28,31)/t16-,17?,19?/m0/s1. The van der Waals surface area contributed by atoms with Gasteiger partial charge in [-0.25, -0.2) is 4.39 Å². The van der Waals surface area contributed by atoms with Crippen LogP contribution in [0.3, 0.4) is 0 Å². The number of imidazole rings is 1. The Balaban J connectivity index is 1.38. The van der Waals surface area contributed by atoms with E-state index in [1.165, 1.54) is 17.6 Å². The molecule has 1 amide bonds. The second kappa shape index (κ2) is 10.6. The summed E-state index contributed by atoms with van der Waals surface area (Å²) in [4.78, 5) is 15.7. The van der Waals surface area contributed by atoms with E-state index in [1.54, 1.807) is 7.05 Å². The highest BCUT2D eigenvalue weighted by Crippen LogP contribution is 2.36. The molecular weight excluding hydrogens is 446 g/mol. The number of ether oxygens (including phenoxy) is 3. The summed E-state index contributed by atoms with van der Waals surface area (Å²) < 4.78 is 47.0. The first-order valence-corrected chi connectivity index (χ1v) is 11.8. The van der Waals surface area contributed by atoms with Crippen molar-refractivity contribution in [2.24, 2.45) is 7.05 Å². The van der Waals surface area contributed by atoms with E-state index in [0.717, 1.165) is 25.7 Å². The molecule has 1 aromatic heterocycles. The number of alkyl halides is 1. The molecule has 184 valence electrons. The molecule has 0 spiro atoms. The summed E-state index contributed by atoms with van der Waals surface area (Å²) in [7, 11) is 1.66. The van der Waals surface area contributed by atoms with Crippen molar-refractivity contribution in [3.8, 4) is 17.8 Å². The quantitative estimate of drug-likeness (QED) is 0.562. The fourth-order valence-corrected chi connectivity index (χ4v) is 4.27. The molecular formula is C24H30F2N4O4. The van der Waals surface area contributed by atoms with Crippen LogP contribution in [0.5, 0.6) is 11.8 Å². The maximum atomic E-state index is 15.1. The van der Waals surface area contributed by atoms with Crippen molar-refractivity contribution in [3.63, 3.8) is 0 Å². The lowest BCUT2D eigenvalue weighted by Crippen LogP contribution is -2.39. The van der Waals surface area contributed by atoms with E-state index in [0.29, 0.717) is 12.8 Å². The van der Waals surface area contributed by atoms with Gasteiger partial charge in [-0.2, -0.15) is 10.2 Å². The van der Waals surface area contributed by atoms with Crippen molar-refractivity contribution >= 4 is 16.9 Å². The van der Waals surface area contributed by atoms with Crippen molar-refractivity contribution in [2.45, 2.75) is 76.2 Å². The third-order valence-corrected chi connectivity index (χ3v) is 6.24. The van der Waals surface area contributed by atoms with Gasteiger partial charge in [0.05, 0.1) is 37.1 Å². The van der Waals surface area contributed by atoms with Crippen molar-refractivity contribution in [3.05, 3.63) is 17.4 Å². The van der Waals surface area contributed by atoms with Crippen LogP contribution in [0.1, 0.15) is 57.4 Å². The number of fused-ring (bicyclic) bond motifs is 1. The molecule has 4 rings (SSSR count). The zero-order chi connectivity index (χ0) is 24.2. The van der Waals surface area contributed by atoms with Crippen LogP contribution in [0, 0.1) is 17.1 Å². The minimum Gasteiger partial charge on any atom is -0.487 e. The number of rotatable bonds is 10. The molecule has 34 heavy (non-hydrogen) atoms. The van der Waals surface area contributed by atoms with E-state index < -0.39 is 12.5 Å². The summed E-state index contributed by atoms with van der Waals surface area (Å²) in [6, 6.07) is 3.41. The molecule has 0 unspecified atom stereocenters. The van der Waals surface area contributed by atoms with Crippen LogP contribution in [-0.4, -0.2) is 53.1 Å². The largest absolute Gasteiger partial charge is 0.487 e. The summed E-state index contributed by atoms with van der Waals surface area (Å²) in [5.74, 6) is -0.669. The Kier molecular flexibility index (Phi) is 7.51. The molecule has 0 bridgehead atoms. The molecule has 0 saturated heterocycles. The van der Waals surface area contributed by atoms with Crippen LogP contribution in [0.2, 0.25) is 0 Å². The Hall–Kier alpha value is -2.93. The van der Waals surface area contributed by atoms with Crippen molar-refractivity contribution in [2.75, 3.05) is 13.3 Å². The van der Waals surface area contributed by atoms with Gasteiger partial charge in [-0.3, -0.25) is 13.8 Å². The maximum absolute atomic E-state index is 15.1. The third-order valence-electron chi connectivity index (χ3n) is 6.24. The fraction of sp³-hybridized carbons (Fsp3) is 0.625. The van der Waals surface area contributed by atoms with E-state index >= 15 is 4.39 Å². The molecule has 10 heteroatoms. The summed E-state index contributed by atoms with van der Waals surface area (Å²) in [6.45, 7) is 1.16. The Morgan fingerprint density at radius 3 is 2.50 bits per heavy atom. The van der Waals surface area contributed by atoms with E-state index in [1.807, 2.05) is 0 Å². The van der Waals surface area contributed by atoms with Crippen LogP contribution in [0.25, 0.3) is 11.0 Å². The molecule has 2 saturated carbocycles. The zero-order valence-corrected chi connectivity index (χ0v) is 19.5. The Labute approximate surface area is 197 Å². The molecule has 8 nitrogen and oxygen atoms in total. The molecule has 2 aromatic rings. The number of benzene rings is 1. The first-order chi connectivity index (χ1) is 16.4. The van der Waals surface area contributed by atoms with Crippen molar-refractivity contribution in [1.29, 1.82) is 5.26 Å². The van der Waals surface area contributed by atoms with Crippen molar-refractivity contribution < 1.29 is 27.8 Å². The lowest BCUT2D eigenvalue weighted by atomic mass is 9.95. The number of amides is 1. The summed E-state index contributed by atoms with van der Waals surface area (Å²) in [6.07, 6.45) is 4.79. The molecule has 1 atom stereocenters. The van der Waals surface area contributed by atoms with Gasteiger partial charge in [0.2, 0.25) is 5.91 Å². The van der Waals surface area contributed by atoms with Gasteiger partial charge in [0, 0.05) is 20.0 Å². The van der Waals surface area contributed by atoms with E-state index in [2.05, 4.69) is 16.4 Å². The van der Waals surface area contributed by atoms with Gasteiger partial charge in [0.1, 0.15) is 23.2 Å². The van der Waals surface area contributed by atoms with Gasteiger partial charge in [0.15, 0.2) is 11.6 Å². The number of hydrogen-bond donors (Lipinski definition) is 1. The number of carbonyl (C=O) groups excluding carboxylic acids is 1. The van der Waals surface area contributed by atoms with E-state index in [9.17, 15) is 14.4 Å². The monoisotopic (exact) mass is 476 g/mol. The van der Waals surface area contributed by atoms with Crippen LogP contribution in [-0.2, 0) is 16.6 Å². The van der Waals surface area contributed by atoms with Gasteiger partial charge in [-0.05, 0) is 44.9 Å². The molecule has 2 aliphatic rings. The second-order valence-electron chi connectivity index (χ2n) is 9.04. The fourth-order valence-electron chi connectivity index (χ4n) is 4.27. The number of nitrogens with one attached hydrogen (secondary N) is 1. The van der Waals surface area contributed by atoms with Gasteiger partial charge in [-0.1, -0.05) is 0 Å². The van der Waals surface area contributed by atoms with Gasteiger partial charge < -0.3 is 19.5 Å². The second-order valence-corrected chi connectivity index (χ2v) is 9.04. The minimum atomic E-state index is -0.537. The molecule has 2 aliphatic carbocycles. The van der Waals surface area contributed by atoms with Crippen LogP contribution in [0.15, 0.2) is 6.07 Å². The van der Waals surface area contributed by atoms with Gasteiger partial charge >= 0.3 is 0 Å². The van der Waals surface area contributed by atoms with Crippen LogP contribution < -0.4 is 14.8 Å². The number of halogens is 2. The van der Waals surface area contributed by atoms with Gasteiger partial charge in [-0.15, -0.1) is 0 Å². The normalized spacial score (nSPS) is 21.1. The SMILES string of the molecule is CC(=O)N[C@@H](CCF)COC1CCC(Oc2nc3c(C#N)cc(OC4CC4)c(F)c3n2C)CC1. The average molecular weight is 477 g/mol. The lowest BCUT2D eigenvalue weighted by Gasteiger charge is -2.29. The summed E-state index contributed by atoms with van der Waals surface area (Å²) in [5, 5.41) is 12.3. The van der Waals surface area contributed by atoms with Crippen LogP contribution in [0.4, 0.5) is 8.78 Å². The summed E-state index contributed by atoms with van der Waals surface area (Å²) in [5.41, 5.74) is 0.699. The summed E-state index contributed by atoms with van der Waals surface area (Å²) >= 11 is 0. The molecule has 0 radical (unpaired) electrons. The predicted molar refractivity (Wildman–Crippen MR) is 120 cm³/mol. The number of aryl methyl sites for hydroxylation is 1. The number of nitrogens with zero attached hydrogens (tertiary/aromatic N) is 3. The highest BCUT2D eigenvalue weighted by atomic mass is 19.1.